The van der Waals surface area contributed by atoms with Gasteiger partial charge in [0.2, 0.25) is 0 Å². The van der Waals surface area contributed by atoms with E-state index in [9.17, 15) is 0 Å². The van der Waals surface area contributed by atoms with Crippen LogP contribution in [0.1, 0.15) is 25.0 Å². The molecule has 0 saturated carbocycles. The first-order chi connectivity index (χ1) is 6.08. The predicted molar refractivity (Wildman–Crippen MR) is 54.9 cm³/mol. The van der Waals surface area contributed by atoms with Gasteiger partial charge in [-0.3, -0.25) is 0 Å². The zero-order chi connectivity index (χ0) is 9.47. The standard InChI is InChI=1S/C12H14O/c1-9-5-4-6-10-7-8-12(2,3)13-11(9)10/h4-8H,1-3H3. The van der Waals surface area contributed by atoms with Crippen molar-refractivity contribution in [2.24, 2.45) is 0 Å². The van der Waals surface area contributed by atoms with E-state index in [1.54, 1.807) is 0 Å². The van der Waals surface area contributed by atoms with Crippen LogP contribution in [0.2, 0.25) is 0 Å². The Labute approximate surface area is 79.0 Å². The van der Waals surface area contributed by atoms with Crippen LogP contribution < -0.4 is 4.74 Å². The Morgan fingerprint density at radius 2 is 2.00 bits per heavy atom. The molecule has 1 heterocycles. The van der Waals surface area contributed by atoms with Gasteiger partial charge in [0.05, 0.1) is 0 Å². The second kappa shape index (κ2) is 2.63. The lowest BCUT2D eigenvalue weighted by atomic mass is 10.0. The van der Waals surface area contributed by atoms with Crippen LogP contribution in [0.15, 0.2) is 24.3 Å². The minimum Gasteiger partial charge on any atom is -0.483 e. The summed E-state index contributed by atoms with van der Waals surface area (Å²) in [5, 5.41) is 0. The molecule has 0 fully saturated rings. The van der Waals surface area contributed by atoms with Crippen LogP contribution in [-0.4, -0.2) is 5.60 Å². The zero-order valence-electron chi connectivity index (χ0n) is 8.29. The maximum absolute atomic E-state index is 5.86. The molecule has 0 aliphatic carbocycles. The Hall–Kier alpha value is -1.24. The summed E-state index contributed by atoms with van der Waals surface area (Å²) in [6.45, 7) is 6.21. The molecule has 1 nitrogen and oxygen atoms in total. The van der Waals surface area contributed by atoms with Crippen LogP contribution in [-0.2, 0) is 0 Å². The topological polar surface area (TPSA) is 9.23 Å². The van der Waals surface area contributed by atoms with E-state index in [-0.39, 0.29) is 5.60 Å². The fourth-order valence-corrected chi connectivity index (χ4v) is 1.53. The maximum Gasteiger partial charge on any atom is 0.130 e. The number of hydrogen-bond donors (Lipinski definition) is 0. The molecule has 1 aliphatic heterocycles. The van der Waals surface area contributed by atoms with Crippen molar-refractivity contribution in [2.45, 2.75) is 26.4 Å². The molecule has 13 heavy (non-hydrogen) atoms. The highest BCUT2D eigenvalue weighted by Crippen LogP contribution is 2.33. The Morgan fingerprint density at radius 1 is 1.23 bits per heavy atom. The van der Waals surface area contributed by atoms with E-state index in [0.29, 0.717) is 0 Å². The minimum atomic E-state index is -0.168. The highest BCUT2D eigenvalue weighted by atomic mass is 16.5. The average Bonchev–Trinajstić information content (AvgIpc) is 2.06. The van der Waals surface area contributed by atoms with E-state index in [0.717, 1.165) is 5.75 Å². The number of para-hydroxylation sites is 1. The van der Waals surface area contributed by atoms with Crippen molar-refractivity contribution in [1.29, 1.82) is 0 Å². The highest BCUT2D eigenvalue weighted by molar-refractivity contribution is 5.62. The van der Waals surface area contributed by atoms with Gasteiger partial charge in [0.1, 0.15) is 11.4 Å². The van der Waals surface area contributed by atoms with Gasteiger partial charge in [-0.1, -0.05) is 24.3 Å². The van der Waals surface area contributed by atoms with Crippen molar-refractivity contribution < 1.29 is 4.74 Å². The third kappa shape index (κ3) is 1.46. The molecule has 0 spiro atoms. The number of hydrogen-bond acceptors (Lipinski definition) is 1. The average molecular weight is 174 g/mol. The smallest absolute Gasteiger partial charge is 0.130 e. The molecule has 1 aliphatic rings. The molecule has 68 valence electrons. The van der Waals surface area contributed by atoms with Crippen molar-refractivity contribution in [3.63, 3.8) is 0 Å². The van der Waals surface area contributed by atoms with Crippen LogP contribution >= 0.6 is 0 Å². The maximum atomic E-state index is 5.86. The number of rotatable bonds is 0. The Balaban J connectivity index is 2.54. The Morgan fingerprint density at radius 3 is 2.77 bits per heavy atom. The lowest BCUT2D eigenvalue weighted by Gasteiger charge is -2.28. The molecule has 0 unspecified atom stereocenters. The highest BCUT2D eigenvalue weighted by Gasteiger charge is 2.22. The summed E-state index contributed by atoms with van der Waals surface area (Å²) in [5.74, 6) is 1.02. The quantitative estimate of drug-likeness (QED) is 0.587. The molecule has 0 aromatic heterocycles. The van der Waals surface area contributed by atoms with Gasteiger partial charge in [0.15, 0.2) is 0 Å². The summed E-state index contributed by atoms with van der Waals surface area (Å²) in [6, 6.07) is 6.21. The van der Waals surface area contributed by atoms with Gasteiger partial charge in [0, 0.05) is 5.56 Å². The van der Waals surface area contributed by atoms with Crippen LogP contribution in [0.3, 0.4) is 0 Å². The normalized spacial score (nSPS) is 17.8. The fraction of sp³-hybridized carbons (Fsp3) is 0.333. The molecular formula is C12H14O. The minimum absolute atomic E-state index is 0.168. The second-order valence-electron chi connectivity index (χ2n) is 4.03. The van der Waals surface area contributed by atoms with Gasteiger partial charge in [-0.2, -0.15) is 0 Å². The molecule has 0 radical (unpaired) electrons. The Bertz CT molecular complexity index is 361. The summed E-state index contributed by atoms with van der Waals surface area (Å²) < 4.78 is 5.86. The van der Waals surface area contributed by atoms with Gasteiger partial charge >= 0.3 is 0 Å². The van der Waals surface area contributed by atoms with Crippen molar-refractivity contribution >= 4 is 6.08 Å². The molecule has 1 aromatic rings. The molecular weight excluding hydrogens is 160 g/mol. The van der Waals surface area contributed by atoms with E-state index < -0.39 is 0 Å². The number of fused-ring (bicyclic) bond motifs is 1. The molecule has 1 aromatic carbocycles. The number of aryl methyl sites for hydroxylation is 1. The third-order valence-corrected chi connectivity index (χ3v) is 2.27. The zero-order valence-corrected chi connectivity index (χ0v) is 8.29. The van der Waals surface area contributed by atoms with E-state index in [1.165, 1.54) is 11.1 Å². The van der Waals surface area contributed by atoms with E-state index in [2.05, 4.69) is 51.1 Å². The summed E-state index contributed by atoms with van der Waals surface area (Å²) >= 11 is 0. The van der Waals surface area contributed by atoms with E-state index in [4.69, 9.17) is 4.74 Å². The first kappa shape index (κ1) is 8.36. The molecule has 0 bridgehead atoms. The van der Waals surface area contributed by atoms with Crippen molar-refractivity contribution in [3.8, 4) is 5.75 Å². The van der Waals surface area contributed by atoms with Gasteiger partial charge in [0.25, 0.3) is 0 Å². The van der Waals surface area contributed by atoms with Crippen LogP contribution in [0.25, 0.3) is 6.08 Å². The summed E-state index contributed by atoms with van der Waals surface area (Å²) in [4.78, 5) is 0. The van der Waals surface area contributed by atoms with Gasteiger partial charge < -0.3 is 4.74 Å². The van der Waals surface area contributed by atoms with E-state index >= 15 is 0 Å². The van der Waals surface area contributed by atoms with Crippen molar-refractivity contribution in [1.82, 2.24) is 0 Å². The monoisotopic (exact) mass is 174 g/mol. The summed E-state index contributed by atoms with van der Waals surface area (Å²) in [7, 11) is 0. The first-order valence-electron chi connectivity index (χ1n) is 4.56. The van der Waals surface area contributed by atoms with Gasteiger partial charge in [-0.05, 0) is 32.4 Å². The van der Waals surface area contributed by atoms with Gasteiger partial charge in [-0.25, -0.2) is 0 Å². The van der Waals surface area contributed by atoms with Crippen molar-refractivity contribution in [2.75, 3.05) is 0 Å². The number of benzene rings is 1. The largest absolute Gasteiger partial charge is 0.483 e. The summed E-state index contributed by atoms with van der Waals surface area (Å²) in [5.41, 5.74) is 2.22. The lowest BCUT2D eigenvalue weighted by Crippen LogP contribution is -2.27. The SMILES string of the molecule is Cc1cccc2c1OC(C)(C)C=C2. The van der Waals surface area contributed by atoms with Crippen molar-refractivity contribution in [3.05, 3.63) is 35.4 Å². The second-order valence-corrected chi connectivity index (χ2v) is 4.03. The molecule has 0 N–H and O–H groups in total. The molecule has 1 heteroatoms. The molecule has 0 atom stereocenters. The number of ether oxygens (including phenoxy) is 1. The first-order valence-corrected chi connectivity index (χ1v) is 4.56. The Kier molecular flexibility index (Phi) is 1.69. The van der Waals surface area contributed by atoms with E-state index in [1.807, 2.05) is 0 Å². The molecule has 2 rings (SSSR count). The molecule has 0 amide bonds. The predicted octanol–water partition coefficient (Wildman–Crippen LogP) is 3.18. The lowest BCUT2D eigenvalue weighted by molar-refractivity contribution is 0.158. The van der Waals surface area contributed by atoms with Crippen LogP contribution in [0, 0.1) is 6.92 Å². The van der Waals surface area contributed by atoms with Crippen LogP contribution in [0.5, 0.6) is 5.75 Å². The third-order valence-electron chi connectivity index (χ3n) is 2.27. The fourth-order valence-electron chi connectivity index (χ4n) is 1.53. The van der Waals surface area contributed by atoms with Crippen LogP contribution in [0.4, 0.5) is 0 Å². The van der Waals surface area contributed by atoms with Gasteiger partial charge in [-0.15, -0.1) is 0 Å². The molecule has 0 saturated heterocycles. The summed E-state index contributed by atoms with van der Waals surface area (Å²) in [6.07, 6.45) is 4.22.